The van der Waals surface area contributed by atoms with Crippen LogP contribution in [0.3, 0.4) is 0 Å². The molecule has 0 unspecified atom stereocenters. The van der Waals surface area contributed by atoms with Crippen molar-refractivity contribution in [3.05, 3.63) is 29.5 Å². The summed E-state index contributed by atoms with van der Waals surface area (Å²) in [6, 6.07) is 1.39. The molecule has 1 aliphatic heterocycles. The van der Waals surface area contributed by atoms with Gasteiger partial charge in [0.2, 0.25) is 0 Å². The molecule has 1 N–H and O–H groups in total. The number of aromatic nitrogens is 1. The Balaban J connectivity index is 2.09. The Kier molecular flexibility index (Phi) is 5.97. The maximum absolute atomic E-state index is 12.0. The largest absolute Gasteiger partial charge is 0.465 e. The van der Waals surface area contributed by atoms with Crippen LogP contribution >= 0.6 is 0 Å². The molecule has 8 nitrogen and oxygen atoms in total. The highest BCUT2D eigenvalue weighted by atomic mass is 16.6. The topological polar surface area (TPSA) is 97.8 Å². The van der Waals surface area contributed by atoms with Crippen molar-refractivity contribution in [1.82, 2.24) is 9.88 Å². The minimum atomic E-state index is -0.562. The molecule has 0 aliphatic carbocycles. The van der Waals surface area contributed by atoms with Crippen LogP contribution in [0.4, 0.5) is 10.6 Å². The van der Waals surface area contributed by atoms with E-state index in [4.69, 9.17) is 9.47 Å². The molecule has 2 amide bonds. The Morgan fingerprint density at radius 1 is 1.38 bits per heavy atom. The first kappa shape index (κ1) is 19.4. The highest BCUT2D eigenvalue weighted by molar-refractivity contribution is 5.93. The third-order valence-electron chi connectivity index (χ3n) is 3.31. The van der Waals surface area contributed by atoms with Crippen molar-refractivity contribution in [1.29, 1.82) is 0 Å². The summed E-state index contributed by atoms with van der Waals surface area (Å²) in [4.78, 5) is 40.9. The molecule has 2 rings (SSSR count). The molecule has 1 aliphatic rings. The number of hydrogen-bond acceptors (Lipinski definition) is 6. The van der Waals surface area contributed by atoms with Gasteiger partial charge in [0, 0.05) is 17.8 Å². The van der Waals surface area contributed by atoms with E-state index in [9.17, 15) is 14.4 Å². The Morgan fingerprint density at radius 3 is 2.77 bits per heavy atom. The number of hydrogen-bond donors (Lipinski definition) is 1. The minimum absolute atomic E-state index is 0.142. The predicted molar refractivity (Wildman–Crippen MR) is 95.2 cm³/mol. The lowest BCUT2D eigenvalue weighted by molar-refractivity contribution is -0.148. The summed E-state index contributed by atoms with van der Waals surface area (Å²) in [6.45, 7) is 7.42. The molecule has 8 heteroatoms. The first-order valence-electron chi connectivity index (χ1n) is 8.29. The number of carbonyl (C=O) groups is 3. The number of nitrogens with one attached hydrogen (secondary N) is 1. The SMILES string of the molecule is CCOC(=O)CN1Cc2cc(/C=C/C(=O)OC(C)(C)C)cnc2NC1=O. The lowest BCUT2D eigenvalue weighted by atomic mass is 10.1. The summed E-state index contributed by atoms with van der Waals surface area (Å²) in [5.41, 5.74) is 0.856. The van der Waals surface area contributed by atoms with E-state index in [1.807, 2.05) is 0 Å². The highest BCUT2D eigenvalue weighted by Crippen LogP contribution is 2.22. The van der Waals surface area contributed by atoms with Crippen LogP contribution in [0.2, 0.25) is 0 Å². The second-order valence-corrected chi connectivity index (χ2v) is 6.73. The van der Waals surface area contributed by atoms with Gasteiger partial charge in [0.1, 0.15) is 18.0 Å². The van der Waals surface area contributed by atoms with Crippen LogP contribution in [-0.4, -0.2) is 46.6 Å². The van der Waals surface area contributed by atoms with Crippen LogP contribution in [-0.2, 0) is 25.6 Å². The van der Waals surface area contributed by atoms with Crippen LogP contribution in [0.15, 0.2) is 18.3 Å². The number of ether oxygens (including phenoxy) is 2. The van der Waals surface area contributed by atoms with Gasteiger partial charge in [0.05, 0.1) is 13.2 Å². The first-order valence-corrected chi connectivity index (χ1v) is 8.29. The van der Waals surface area contributed by atoms with Crippen molar-refractivity contribution >= 4 is 29.9 Å². The lowest BCUT2D eigenvalue weighted by Crippen LogP contribution is -2.42. The number of anilines is 1. The molecule has 0 saturated heterocycles. The van der Waals surface area contributed by atoms with Crippen LogP contribution < -0.4 is 5.32 Å². The molecule has 0 fully saturated rings. The molecule has 0 radical (unpaired) electrons. The maximum atomic E-state index is 12.0. The van der Waals surface area contributed by atoms with E-state index in [2.05, 4.69) is 10.3 Å². The summed E-state index contributed by atoms with van der Waals surface area (Å²) in [7, 11) is 0. The predicted octanol–water partition coefficient (Wildman–Crippen LogP) is 2.35. The van der Waals surface area contributed by atoms with Gasteiger partial charge in [-0.3, -0.25) is 10.1 Å². The maximum Gasteiger partial charge on any atom is 0.331 e. The number of nitrogens with zero attached hydrogens (tertiary/aromatic N) is 2. The van der Waals surface area contributed by atoms with E-state index in [-0.39, 0.29) is 19.7 Å². The van der Waals surface area contributed by atoms with Crippen LogP contribution in [0.1, 0.15) is 38.8 Å². The first-order chi connectivity index (χ1) is 12.2. The van der Waals surface area contributed by atoms with Gasteiger partial charge in [0.15, 0.2) is 0 Å². The standard InChI is InChI=1S/C18H23N3O5/c1-5-25-15(23)11-21-10-13-8-12(9-19-16(13)20-17(21)24)6-7-14(22)26-18(2,3)4/h6-9H,5,10-11H2,1-4H3,(H,19,20,24)/b7-6+. The molecule has 140 valence electrons. The van der Waals surface area contributed by atoms with Crippen molar-refractivity contribution in [2.24, 2.45) is 0 Å². The summed E-state index contributed by atoms with van der Waals surface area (Å²) < 4.78 is 10.1. The van der Waals surface area contributed by atoms with Crippen LogP contribution in [0, 0.1) is 0 Å². The summed E-state index contributed by atoms with van der Waals surface area (Å²) in [5, 5.41) is 2.63. The third kappa shape index (κ3) is 5.58. The van der Waals surface area contributed by atoms with Crippen LogP contribution in [0.25, 0.3) is 6.08 Å². The van der Waals surface area contributed by atoms with Crippen LogP contribution in [0.5, 0.6) is 0 Å². The molecule has 0 spiro atoms. The minimum Gasteiger partial charge on any atom is -0.465 e. The molecule has 1 aromatic rings. The smallest absolute Gasteiger partial charge is 0.331 e. The molecule has 26 heavy (non-hydrogen) atoms. The average molecular weight is 361 g/mol. The zero-order valence-electron chi connectivity index (χ0n) is 15.4. The third-order valence-corrected chi connectivity index (χ3v) is 3.31. The second kappa shape index (κ2) is 7.99. The summed E-state index contributed by atoms with van der Waals surface area (Å²) >= 11 is 0. The van der Waals surface area contributed by atoms with Crippen molar-refractivity contribution in [3.63, 3.8) is 0 Å². The summed E-state index contributed by atoms with van der Waals surface area (Å²) in [5.74, 6) is -0.489. The van der Waals surface area contributed by atoms with E-state index in [0.29, 0.717) is 11.4 Å². The Labute approximate surface area is 152 Å². The van der Waals surface area contributed by atoms with E-state index in [0.717, 1.165) is 5.56 Å². The number of pyridine rings is 1. The van der Waals surface area contributed by atoms with Gasteiger partial charge in [-0.2, -0.15) is 0 Å². The van der Waals surface area contributed by atoms with Gasteiger partial charge in [-0.15, -0.1) is 0 Å². The molecular weight excluding hydrogens is 338 g/mol. The van der Waals surface area contributed by atoms with E-state index < -0.39 is 23.6 Å². The van der Waals surface area contributed by atoms with Gasteiger partial charge >= 0.3 is 18.0 Å². The van der Waals surface area contributed by atoms with E-state index in [1.54, 1.807) is 46.0 Å². The van der Waals surface area contributed by atoms with Gasteiger partial charge in [-0.25, -0.2) is 14.6 Å². The number of rotatable bonds is 5. The highest BCUT2D eigenvalue weighted by Gasteiger charge is 2.25. The fourth-order valence-electron chi connectivity index (χ4n) is 2.30. The zero-order valence-corrected chi connectivity index (χ0v) is 15.4. The van der Waals surface area contributed by atoms with E-state index >= 15 is 0 Å². The molecule has 2 heterocycles. The molecule has 0 aromatic carbocycles. The molecular formula is C18H23N3O5. The fraction of sp³-hybridized carbons (Fsp3) is 0.444. The Hall–Kier alpha value is -2.90. The normalized spacial score (nSPS) is 14.0. The number of esters is 2. The number of amides is 2. The van der Waals surface area contributed by atoms with Gasteiger partial charge in [0.25, 0.3) is 0 Å². The van der Waals surface area contributed by atoms with Crippen molar-refractivity contribution < 1.29 is 23.9 Å². The molecule has 0 saturated carbocycles. The van der Waals surface area contributed by atoms with E-state index in [1.165, 1.54) is 11.0 Å². The number of fused-ring (bicyclic) bond motifs is 1. The monoisotopic (exact) mass is 361 g/mol. The van der Waals surface area contributed by atoms with Gasteiger partial charge in [-0.05, 0) is 45.4 Å². The summed E-state index contributed by atoms with van der Waals surface area (Å²) in [6.07, 6.45) is 4.46. The average Bonchev–Trinajstić information content (AvgIpc) is 2.52. The Bertz CT molecular complexity index is 737. The lowest BCUT2D eigenvalue weighted by Gasteiger charge is -2.27. The Morgan fingerprint density at radius 2 is 2.12 bits per heavy atom. The van der Waals surface area contributed by atoms with Crippen molar-refractivity contribution in [3.8, 4) is 0 Å². The van der Waals surface area contributed by atoms with Crippen molar-refractivity contribution in [2.45, 2.75) is 39.8 Å². The molecule has 0 bridgehead atoms. The second-order valence-electron chi connectivity index (χ2n) is 6.73. The zero-order chi connectivity index (χ0) is 19.3. The number of urea groups is 1. The number of carbonyl (C=O) groups excluding carboxylic acids is 3. The van der Waals surface area contributed by atoms with Crippen molar-refractivity contribution in [2.75, 3.05) is 18.5 Å². The fourth-order valence-corrected chi connectivity index (χ4v) is 2.30. The van der Waals surface area contributed by atoms with Gasteiger partial charge in [-0.1, -0.05) is 0 Å². The molecule has 1 aromatic heterocycles. The quantitative estimate of drug-likeness (QED) is 0.638. The molecule has 0 atom stereocenters. The van der Waals surface area contributed by atoms with Gasteiger partial charge < -0.3 is 14.4 Å².